The fourth-order valence-corrected chi connectivity index (χ4v) is 5.53. The number of hydrogen-bond acceptors (Lipinski definition) is 6. The third-order valence-electron chi connectivity index (χ3n) is 7.71. The van der Waals surface area contributed by atoms with Crippen LogP contribution in [0, 0.1) is 0 Å². The van der Waals surface area contributed by atoms with Gasteiger partial charge < -0.3 is 9.79 Å². The van der Waals surface area contributed by atoms with Crippen LogP contribution in [0.5, 0.6) is 0 Å². The summed E-state index contributed by atoms with van der Waals surface area (Å²) in [7, 11) is -5.30. The standard InChI is InChI=1S/2C18H35O3P.Ni/c2*1-2-3-4-5-6-7-8-9-10-11-12-13-14-15-16-17-18-21-22(19)20;/h2*9-10H,2-8,11-18H2,1H3;/q;;+2/b2*10-9-;. The van der Waals surface area contributed by atoms with E-state index in [1.165, 1.54) is 154 Å². The Hall–Kier alpha value is 0.0135. The molecule has 0 aromatic carbocycles. The summed E-state index contributed by atoms with van der Waals surface area (Å²) in [4.78, 5) is 20.3. The molecular formula is C36H70NiO6P2+2. The zero-order chi connectivity index (χ0) is 32.6. The summed E-state index contributed by atoms with van der Waals surface area (Å²) >= 11 is 0. The maximum Gasteiger partial charge on any atom is 2.00 e. The topological polar surface area (TPSA) is 98.7 Å². The number of allylic oxidation sites excluding steroid dienone is 4. The molecule has 2 atom stereocenters. The molecule has 0 saturated carbocycles. The van der Waals surface area contributed by atoms with Crippen molar-refractivity contribution in [3.63, 3.8) is 0 Å². The average molecular weight is 720 g/mol. The van der Waals surface area contributed by atoms with Crippen molar-refractivity contribution in [2.24, 2.45) is 0 Å². The van der Waals surface area contributed by atoms with Gasteiger partial charge in [-0.25, -0.2) is 0 Å². The Morgan fingerprint density at radius 1 is 0.400 bits per heavy atom. The first-order chi connectivity index (χ1) is 21.5. The summed E-state index contributed by atoms with van der Waals surface area (Å²) in [5.74, 6) is 0. The predicted octanol–water partition coefficient (Wildman–Crippen LogP) is 12.1. The van der Waals surface area contributed by atoms with Crippen LogP contribution in [0.25, 0.3) is 0 Å². The smallest absolute Gasteiger partial charge is 0.566 e. The molecule has 0 spiro atoms. The minimum absolute atomic E-state index is 0. The third kappa shape index (κ3) is 53.8. The van der Waals surface area contributed by atoms with Crippen LogP contribution in [0.2, 0.25) is 0 Å². The largest absolute Gasteiger partial charge is 2.00 e. The first-order valence-electron chi connectivity index (χ1n) is 18.4. The van der Waals surface area contributed by atoms with Crippen molar-refractivity contribution in [3.8, 4) is 0 Å². The Balaban J connectivity index is -0.000000767. The van der Waals surface area contributed by atoms with Crippen molar-refractivity contribution in [1.82, 2.24) is 0 Å². The second kappa shape index (κ2) is 46.1. The molecule has 0 rings (SSSR count). The number of unbranched alkanes of at least 4 members (excludes halogenated alkanes) is 24. The summed E-state index contributed by atoms with van der Waals surface area (Å²) in [6, 6.07) is 0. The van der Waals surface area contributed by atoms with Gasteiger partial charge in [0, 0.05) is 0 Å². The van der Waals surface area contributed by atoms with Crippen LogP contribution in [0.3, 0.4) is 0 Å². The summed E-state index contributed by atoms with van der Waals surface area (Å²) < 4.78 is 29.3. The Morgan fingerprint density at radius 2 is 0.622 bits per heavy atom. The molecule has 0 fully saturated rings. The van der Waals surface area contributed by atoms with Crippen LogP contribution in [-0.2, 0) is 34.7 Å². The van der Waals surface area contributed by atoms with Gasteiger partial charge in [0.2, 0.25) is 0 Å². The van der Waals surface area contributed by atoms with Crippen molar-refractivity contribution in [2.75, 3.05) is 13.2 Å². The molecule has 0 radical (unpaired) electrons. The van der Waals surface area contributed by atoms with Crippen molar-refractivity contribution >= 4 is 16.5 Å². The first kappa shape index (κ1) is 49.4. The van der Waals surface area contributed by atoms with Crippen LogP contribution in [-0.4, -0.2) is 13.2 Å². The molecule has 6 nitrogen and oxygen atoms in total. The molecule has 0 N–H and O–H groups in total. The molecule has 0 aromatic rings. The predicted molar refractivity (Wildman–Crippen MR) is 186 cm³/mol. The zero-order valence-electron chi connectivity index (χ0n) is 29.2. The van der Waals surface area contributed by atoms with E-state index in [1.54, 1.807) is 0 Å². The van der Waals surface area contributed by atoms with Crippen molar-refractivity contribution in [1.29, 1.82) is 0 Å². The van der Waals surface area contributed by atoms with Gasteiger partial charge in [-0.15, -0.1) is 9.05 Å². The quantitative estimate of drug-likeness (QED) is 0.0284. The van der Waals surface area contributed by atoms with Gasteiger partial charge in [-0.3, -0.25) is 0 Å². The second-order valence-corrected chi connectivity index (χ2v) is 13.4. The van der Waals surface area contributed by atoms with E-state index in [0.717, 1.165) is 25.7 Å². The molecule has 0 aromatic heterocycles. The second-order valence-electron chi connectivity index (χ2n) is 12.0. The van der Waals surface area contributed by atoms with Gasteiger partial charge in [0.15, 0.2) is 0 Å². The van der Waals surface area contributed by atoms with Crippen molar-refractivity contribution < 1.29 is 44.5 Å². The van der Waals surface area contributed by atoms with E-state index >= 15 is 0 Å². The van der Waals surface area contributed by atoms with Crippen LogP contribution in [0.15, 0.2) is 24.3 Å². The van der Waals surface area contributed by atoms with E-state index in [2.05, 4.69) is 47.2 Å². The van der Waals surface area contributed by atoms with Crippen LogP contribution >= 0.6 is 16.5 Å². The van der Waals surface area contributed by atoms with Gasteiger partial charge in [-0.2, -0.15) is 0 Å². The first-order valence-corrected chi connectivity index (χ1v) is 20.6. The van der Waals surface area contributed by atoms with E-state index in [9.17, 15) is 18.9 Å². The fraction of sp³-hybridized carbons (Fsp3) is 0.889. The monoisotopic (exact) mass is 718 g/mol. The third-order valence-corrected chi connectivity index (χ3v) is 8.49. The van der Waals surface area contributed by atoms with Gasteiger partial charge >= 0.3 is 33.0 Å². The van der Waals surface area contributed by atoms with E-state index in [4.69, 9.17) is 0 Å². The SMILES string of the molecule is CCCCCCCC/C=C\CCCCCCCCO[P+](=O)[O-].CCCCCCCC/C=C\CCCCCCCCO[P+](=O)[O-].[Ni+2]. The van der Waals surface area contributed by atoms with E-state index in [1.807, 2.05) is 0 Å². The summed E-state index contributed by atoms with van der Waals surface area (Å²) in [6.45, 7) is 5.21. The molecule has 0 aliphatic heterocycles. The molecule has 0 amide bonds. The maximum absolute atomic E-state index is 10.2. The molecule has 0 saturated heterocycles. The Bertz CT molecular complexity index is 595. The normalized spacial score (nSPS) is 11.9. The summed E-state index contributed by atoms with van der Waals surface area (Å²) in [5.41, 5.74) is 0. The Labute approximate surface area is 291 Å². The minimum atomic E-state index is -2.65. The van der Waals surface area contributed by atoms with Gasteiger partial charge in [-0.05, 0) is 73.3 Å². The van der Waals surface area contributed by atoms with Crippen molar-refractivity contribution in [2.45, 2.75) is 194 Å². The number of rotatable bonds is 34. The molecule has 0 aliphatic rings. The average Bonchev–Trinajstić information content (AvgIpc) is 3.00. The van der Waals surface area contributed by atoms with Gasteiger partial charge in [0.1, 0.15) is 13.2 Å². The Morgan fingerprint density at radius 3 is 0.867 bits per heavy atom. The molecule has 2 unspecified atom stereocenters. The number of hydrogen-bond donors (Lipinski definition) is 0. The van der Waals surface area contributed by atoms with E-state index < -0.39 is 16.5 Å². The summed E-state index contributed by atoms with van der Waals surface area (Å²) in [6.07, 6.45) is 44.6. The molecule has 0 aliphatic carbocycles. The van der Waals surface area contributed by atoms with Gasteiger partial charge in [0.05, 0.1) is 0 Å². The van der Waals surface area contributed by atoms with Gasteiger partial charge in [-0.1, -0.05) is 154 Å². The van der Waals surface area contributed by atoms with Crippen LogP contribution < -0.4 is 9.79 Å². The summed E-state index contributed by atoms with van der Waals surface area (Å²) in [5, 5.41) is 0. The Kier molecular flexibility index (Phi) is 50.6. The molecule has 268 valence electrons. The molecule has 0 bridgehead atoms. The fourth-order valence-electron chi connectivity index (χ4n) is 4.98. The van der Waals surface area contributed by atoms with Gasteiger partial charge in [0.25, 0.3) is 0 Å². The van der Waals surface area contributed by atoms with Crippen molar-refractivity contribution in [3.05, 3.63) is 24.3 Å². The molecular weight excluding hydrogens is 649 g/mol. The molecule has 0 heterocycles. The zero-order valence-corrected chi connectivity index (χ0v) is 32.0. The van der Waals surface area contributed by atoms with Crippen LogP contribution in [0.4, 0.5) is 0 Å². The van der Waals surface area contributed by atoms with E-state index in [0.29, 0.717) is 13.2 Å². The molecule has 9 heteroatoms. The maximum atomic E-state index is 10.2. The van der Waals surface area contributed by atoms with Crippen LogP contribution in [0.1, 0.15) is 194 Å². The minimum Gasteiger partial charge on any atom is -0.566 e. The molecule has 45 heavy (non-hydrogen) atoms. The van der Waals surface area contributed by atoms with E-state index in [-0.39, 0.29) is 16.5 Å².